The maximum absolute atomic E-state index is 12.7. The number of nitrogens with one attached hydrogen (secondary N) is 1. The lowest BCUT2D eigenvalue weighted by molar-refractivity contribution is -0.385. The molecule has 0 saturated carbocycles. The third-order valence-electron chi connectivity index (χ3n) is 4.81. The number of anilines is 1. The summed E-state index contributed by atoms with van der Waals surface area (Å²) < 4.78 is 16.5. The number of nitriles is 1. The first-order valence-electron chi connectivity index (χ1n) is 10.6. The van der Waals surface area contributed by atoms with E-state index in [1.165, 1.54) is 19.2 Å². The average molecular weight is 473 g/mol. The van der Waals surface area contributed by atoms with Gasteiger partial charge in [-0.15, -0.1) is 0 Å². The highest BCUT2D eigenvalue weighted by molar-refractivity contribution is 6.10. The number of methoxy groups -OCH3 is 1. The van der Waals surface area contributed by atoms with Crippen LogP contribution in [0.15, 0.2) is 72.3 Å². The van der Waals surface area contributed by atoms with Gasteiger partial charge in [-0.05, 0) is 36.8 Å². The summed E-state index contributed by atoms with van der Waals surface area (Å²) in [5.41, 5.74) is 0.646. The van der Waals surface area contributed by atoms with E-state index in [0.29, 0.717) is 18.0 Å². The largest absolute Gasteiger partial charge is 0.494 e. The summed E-state index contributed by atoms with van der Waals surface area (Å²) in [6.07, 6.45) is 1.14. The van der Waals surface area contributed by atoms with Crippen LogP contribution in [0, 0.1) is 21.4 Å². The van der Waals surface area contributed by atoms with E-state index in [1.54, 1.807) is 30.3 Å². The fourth-order valence-corrected chi connectivity index (χ4v) is 3.18. The van der Waals surface area contributed by atoms with Gasteiger partial charge in [0.2, 0.25) is 0 Å². The molecule has 9 heteroatoms. The molecular formula is C26H23N3O6. The molecule has 0 heterocycles. The Hall–Kier alpha value is -4.84. The van der Waals surface area contributed by atoms with Crippen molar-refractivity contribution in [3.05, 3.63) is 93.5 Å². The number of ether oxygens (including phenoxy) is 3. The topological polar surface area (TPSA) is 124 Å². The molecule has 9 nitrogen and oxygen atoms in total. The molecule has 1 N–H and O–H groups in total. The SMILES string of the molecule is CCOc1cccc(NC(=O)/C(C#N)=C/c2cc(OC)c(OCc3ccccc3)cc2[N+](=O)[O-])c1. The zero-order valence-corrected chi connectivity index (χ0v) is 19.2. The van der Waals surface area contributed by atoms with Gasteiger partial charge in [0.1, 0.15) is 24.0 Å². The zero-order chi connectivity index (χ0) is 25.2. The molecule has 0 unspecified atom stereocenters. The predicted octanol–water partition coefficient (Wildman–Crippen LogP) is 5.13. The van der Waals surface area contributed by atoms with Crippen LogP contribution in [0.2, 0.25) is 0 Å². The molecule has 0 fully saturated rings. The summed E-state index contributed by atoms with van der Waals surface area (Å²) in [6.45, 7) is 2.47. The van der Waals surface area contributed by atoms with Crippen LogP contribution in [0.4, 0.5) is 11.4 Å². The fourth-order valence-electron chi connectivity index (χ4n) is 3.18. The van der Waals surface area contributed by atoms with Crippen LogP contribution in [0.5, 0.6) is 17.2 Å². The minimum Gasteiger partial charge on any atom is -0.494 e. The van der Waals surface area contributed by atoms with Gasteiger partial charge < -0.3 is 19.5 Å². The molecule has 0 spiro atoms. The van der Waals surface area contributed by atoms with Crippen molar-refractivity contribution in [1.82, 2.24) is 0 Å². The lowest BCUT2D eigenvalue weighted by atomic mass is 10.1. The number of carbonyl (C=O) groups is 1. The number of hydrogen-bond acceptors (Lipinski definition) is 7. The molecular weight excluding hydrogens is 450 g/mol. The van der Waals surface area contributed by atoms with Gasteiger partial charge in [0.15, 0.2) is 11.5 Å². The van der Waals surface area contributed by atoms with E-state index in [-0.39, 0.29) is 34.9 Å². The third kappa shape index (κ3) is 6.58. The summed E-state index contributed by atoms with van der Waals surface area (Å²) in [6, 6.07) is 20.4. The van der Waals surface area contributed by atoms with Gasteiger partial charge in [-0.3, -0.25) is 14.9 Å². The first kappa shape index (κ1) is 24.8. The predicted molar refractivity (Wildman–Crippen MR) is 130 cm³/mol. The molecule has 3 aromatic rings. The summed E-state index contributed by atoms with van der Waals surface area (Å²) in [4.78, 5) is 23.9. The average Bonchev–Trinajstić information content (AvgIpc) is 2.86. The Balaban J connectivity index is 1.90. The highest BCUT2D eigenvalue weighted by Crippen LogP contribution is 2.36. The Morgan fingerprint density at radius 3 is 2.51 bits per heavy atom. The summed E-state index contributed by atoms with van der Waals surface area (Å²) in [5, 5.41) is 23.9. The van der Waals surface area contributed by atoms with Crippen molar-refractivity contribution >= 4 is 23.4 Å². The number of carbonyl (C=O) groups excluding carboxylic acids is 1. The number of nitro groups is 1. The molecule has 35 heavy (non-hydrogen) atoms. The molecule has 0 aromatic heterocycles. The van der Waals surface area contributed by atoms with Crippen LogP contribution in [-0.2, 0) is 11.4 Å². The number of nitrogens with zero attached hydrogens (tertiary/aromatic N) is 2. The summed E-state index contributed by atoms with van der Waals surface area (Å²) in [7, 11) is 1.40. The minimum absolute atomic E-state index is 0.0219. The molecule has 0 aliphatic rings. The Morgan fingerprint density at radius 2 is 1.86 bits per heavy atom. The van der Waals surface area contributed by atoms with Crippen molar-refractivity contribution in [2.45, 2.75) is 13.5 Å². The highest BCUT2D eigenvalue weighted by Gasteiger charge is 2.21. The van der Waals surface area contributed by atoms with E-state index in [4.69, 9.17) is 14.2 Å². The fraction of sp³-hybridized carbons (Fsp3) is 0.154. The number of amides is 1. The molecule has 0 bridgehead atoms. The van der Waals surface area contributed by atoms with Crippen LogP contribution in [-0.4, -0.2) is 24.5 Å². The van der Waals surface area contributed by atoms with Crippen molar-refractivity contribution in [1.29, 1.82) is 5.26 Å². The summed E-state index contributed by atoms with van der Waals surface area (Å²) in [5.74, 6) is 0.217. The normalized spacial score (nSPS) is 10.7. The molecule has 178 valence electrons. The number of nitro benzene ring substituents is 1. The lowest BCUT2D eigenvalue weighted by Gasteiger charge is -2.12. The Labute approximate surface area is 202 Å². The third-order valence-corrected chi connectivity index (χ3v) is 4.81. The first-order chi connectivity index (χ1) is 16.9. The van der Waals surface area contributed by atoms with Crippen LogP contribution < -0.4 is 19.5 Å². The minimum atomic E-state index is -0.723. The van der Waals surface area contributed by atoms with Crippen LogP contribution in [0.25, 0.3) is 6.08 Å². The smallest absolute Gasteiger partial charge is 0.280 e. The van der Waals surface area contributed by atoms with E-state index in [0.717, 1.165) is 11.6 Å². The molecule has 0 saturated heterocycles. The molecule has 3 rings (SSSR count). The first-order valence-corrected chi connectivity index (χ1v) is 10.6. The monoisotopic (exact) mass is 473 g/mol. The Morgan fingerprint density at radius 1 is 1.09 bits per heavy atom. The Bertz CT molecular complexity index is 1280. The quantitative estimate of drug-likeness (QED) is 0.187. The van der Waals surface area contributed by atoms with E-state index < -0.39 is 10.8 Å². The second-order valence-electron chi connectivity index (χ2n) is 7.18. The Kier molecular flexibility index (Phi) is 8.40. The lowest BCUT2D eigenvalue weighted by Crippen LogP contribution is -2.13. The van der Waals surface area contributed by atoms with Gasteiger partial charge >= 0.3 is 0 Å². The van der Waals surface area contributed by atoms with E-state index >= 15 is 0 Å². The van der Waals surface area contributed by atoms with Crippen molar-refractivity contribution in [2.75, 3.05) is 19.0 Å². The molecule has 1 amide bonds. The maximum atomic E-state index is 12.7. The molecule has 0 radical (unpaired) electrons. The van der Waals surface area contributed by atoms with Crippen LogP contribution in [0.1, 0.15) is 18.1 Å². The van der Waals surface area contributed by atoms with E-state index in [1.807, 2.05) is 37.3 Å². The van der Waals surface area contributed by atoms with Crippen molar-refractivity contribution in [2.24, 2.45) is 0 Å². The van der Waals surface area contributed by atoms with Gasteiger partial charge in [0.05, 0.1) is 30.3 Å². The molecule has 0 atom stereocenters. The number of benzene rings is 3. The van der Waals surface area contributed by atoms with Gasteiger partial charge in [-0.25, -0.2) is 0 Å². The second kappa shape index (κ2) is 11.9. The van der Waals surface area contributed by atoms with Crippen molar-refractivity contribution < 1.29 is 23.9 Å². The van der Waals surface area contributed by atoms with Gasteiger partial charge in [0.25, 0.3) is 11.6 Å². The number of rotatable bonds is 10. The van der Waals surface area contributed by atoms with Crippen molar-refractivity contribution in [3.8, 4) is 23.3 Å². The van der Waals surface area contributed by atoms with Crippen LogP contribution >= 0.6 is 0 Å². The van der Waals surface area contributed by atoms with Gasteiger partial charge in [0, 0.05) is 11.8 Å². The second-order valence-corrected chi connectivity index (χ2v) is 7.18. The van der Waals surface area contributed by atoms with Crippen molar-refractivity contribution in [3.63, 3.8) is 0 Å². The molecule has 3 aromatic carbocycles. The standard InChI is InChI=1S/C26H23N3O6/c1-3-34-22-11-7-10-21(14-22)28-26(30)20(16-27)12-19-13-24(33-2)25(15-23(19)29(31)32)35-17-18-8-5-4-6-9-18/h4-15H,3,17H2,1-2H3,(H,28,30)/b20-12+. The highest BCUT2D eigenvalue weighted by atomic mass is 16.6. The molecule has 0 aliphatic heterocycles. The summed E-state index contributed by atoms with van der Waals surface area (Å²) >= 11 is 0. The maximum Gasteiger partial charge on any atom is 0.280 e. The van der Waals surface area contributed by atoms with E-state index in [9.17, 15) is 20.2 Å². The number of hydrogen-bond donors (Lipinski definition) is 1. The molecule has 0 aliphatic carbocycles. The van der Waals surface area contributed by atoms with Gasteiger partial charge in [-0.2, -0.15) is 5.26 Å². The van der Waals surface area contributed by atoms with Crippen LogP contribution in [0.3, 0.4) is 0 Å². The van der Waals surface area contributed by atoms with Gasteiger partial charge in [-0.1, -0.05) is 36.4 Å². The zero-order valence-electron chi connectivity index (χ0n) is 19.2. The van der Waals surface area contributed by atoms with E-state index in [2.05, 4.69) is 5.32 Å².